The van der Waals surface area contributed by atoms with Crippen molar-refractivity contribution in [3.8, 4) is 0 Å². The number of hydrogen-bond donors (Lipinski definition) is 0. The fourth-order valence-electron chi connectivity index (χ4n) is 4.41. The number of rotatable bonds is 5. The van der Waals surface area contributed by atoms with Gasteiger partial charge in [0.15, 0.2) is 0 Å². The third-order valence-corrected chi connectivity index (χ3v) is 6.04. The van der Waals surface area contributed by atoms with Gasteiger partial charge in [0.1, 0.15) is 0 Å². The van der Waals surface area contributed by atoms with Crippen LogP contribution in [0.25, 0.3) is 0 Å². The highest BCUT2D eigenvalue weighted by atomic mass is 15.2. The zero-order valence-corrected chi connectivity index (χ0v) is 17.5. The van der Waals surface area contributed by atoms with Gasteiger partial charge in [0.2, 0.25) is 0 Å². The molecule has 0 fully saturated rings. The SMILES string of the molecule is CCC1C(C)=C(N(C)c2ccccc2C)C=CC1N(C)c1ccccc1C. The van der Waals surface area contributed by atoms with E-state index < -0.39 is 0 Å². The predicted molar refractivity (Wildman–Crippen MR) is 119 cm³/mol. The summed E-state index contributed by atoms with van der Waals surface area (Å²) in [5.41, 5.74) is 8.02. The third kappa shape index (κ3) is 3.66. The molecule has 27 heavy (non-hydrogen) atoms. The Balaban J connectivity index is 1.93. The van der Waals surface area contributed by atoms with Crippen LogP contribution in [0.1, 0.15) is 31.4 Å². The molecule has 3 rings (SSSR count). The zero-order valence-electron chi connectivity index (χ0n) is 17.5. The van der Waals surface area contributed by atoms with Gasteiger partial charge in [0, 0.05) is 37.1 Å². The standard InChI is InChI=1S/C25H32N2/c1-7-21-20(4)24(26(5)22-14-10-8-12-18(22)2)16-17-25(21)27(6)23-15-11-9-13-19(23)3/h8-17,21,25H,7H2,1-6H3. The Labute approximate surface area is 164 Å². The zero-order chi connectivity index (χ0) is 19.6. The van der Waals surface area contributed by atoms with Gasteiger partial charge in [0.05, 0.1) is 6.04 Å². The van der Waals surface area contributed by atoms with Crippen LogP contribution in [0, 0.1) is 19.8 Å². The number of hydrogen-bond acceptors (Lipinski definition) is 2. The largest absolute Gasteiger partial charge is 0.367 e. The predicted octanol–water partition coefficient (Wildman–Crippen LogP) is 6.11. The highest BCUT2D eigenvalue weighted by Crippen LogP contribution is 2.36. The fraction of sp³-hybridized carbons (Fsp3) is 0.360. The number of aryl methyl sites for hydroxylation is 2. The van der Waals surface area contributed by atoms with E-state index in [4.69, 9.17) is 0 Å². The molecular weight excluding hydrogens is 328 g/mol. The lowest BCUT2D eigenvalue weighted by Crippen LogP contribution is -2.40. The molecule has 142 valence electrons. The monoisotopic (exact) mass is 360 g/mol. The van der Waals surface area contributed by atoms with Gasteiger partial charge in [-0.1, -0.05) is 49.4 Å². The van der Waals surface area contributed by atoms with Crippen LogP contribution in [-0.2, 0) is 0 Å². The van der Waals surface area contributed by atoms with Crippen molar-refractivity contribution >= 4 is 11.4 Å². The molecule has 0 radical (unpaired) electrons. The van der Waals surface area contributed by atoms with Gasteiger partial charge >= 0.3 is 0 Å². The summed E-state index contributed by atoms with van der Waals surface area (Å²) < 4.78 is 0. The van der Waals surface area contributed by atoms with Gasteiger partial charge in [-0.25, -0.2) is 0 Å². The van der Waals surface area contributed by atoms with E-state index in [1.807, 2.05) is 0 Å². The van der Waals surface area contributed by atoms with Crippen LogP contribution in [0.4, 0.5) is 11.4 Å². The minimum Gasteiger partial charge on any atom is -0.367 e. The smallest absolute Gasteiger partial charge is 0.0539 e. The number of anilines is 2. The maximum Gasteiger partial charge on any atom is 0.0539 e. The van der Waals surface area contributed by atoms with E-state index in [9.17, 15) is 0 Å². The molecule has 2 nitrogen and oxygen atoms in total. The summed E-state index contributed by atoms with van der Waals surface area (Å²) in [4.78, 5) is 4.78. The van der Waals surface area contributed by atoms with Crippen LogP contribution in [0.15, 0.2) is 72.0 Å². The van der Waals surface area contributed by atoms with Crippen LogP contribution in [0.5, 0.6) is 0 Å². The molecule has 0 aliphatic heterocycles. The van der Waals surface area contributed by atoms with Crippen molar-refractivity contribution < 1.29 is 0 Å². The van der Waals surface area contributed by atoms with E-state index in [1.54, 1.807) is 0 Å². The molecule has 1 aliphatic carbocycles. The molecule has 0 spiro atoms. The second-order valence-electron chi connectivity index (χ2n) is 7.68. The molecule has 1 aliphatic rings. The minimum absolute atomic E-state index is 0.380. The molecule has 2 aromatic carbocycles. The van der Waals surface area contributed by atoms with E-state index in [0.29, 0.717) is 12.0 Å². The van der Waals surface area contributed by atoms with Crippen LogP contribution < -0.4 is 9.80 Å². The molecule has 0 amide bonds. The van der Waals surface area contributed by atoms with Crippen molar-refractivity contribution in [2.24, 2.45) is 5.92 Å². The van der Waals surface area contributed by atoms with E-state index in [-0.39, 0.29) is 0 Å². The quantitative estimate of drug-likeness (QED) is 0.634. The maximum absolute atomic E-state index is 2.44. The van der Waals surface area contributed by atoms with Crippen molar-refractivity contribution in [2.45, 2.75) is 40.2 Å². The summed E-state index contributed by atoms with van der Waals surface area (Å²) >= 11 is 0. The topological polar surface area (TPSA) is 6.48 Å². The molecule has 0 heterocycles. The Bertz CT molecular complexity index is 862. The molecule has 2 unspecified atom stereocenters. The second-order valence-corrected chi connectivity index (χ2v) is 7.68. The van der Waals surface area contributed by atoms with E-state index in [0.717, 1.165) is 6.42 Å². The van der Waals surface area contributed by atoms with Gasteiger partial charge in [0.25, 0.3) is 0 Å². The third-order valence-electron chi connectivity index (χ3n) is 6.04. The maximum atomic E-state index is 2.44. The van der Waals surface area contributed by atoms with Crippen molar-refractivity contribution in [3.63, 3.8) is 0 Å². The molecule has 0 bridgehead atoms. The number of likely N-dealkylation sites (N-methyl/N-ethyl adjacent to an activating group) is 2. The van der Waals surface area contributed by atoms with Gasteiger partial charge in [-0.2, -0.15) is 0 Å². The molecule has 0 aromatic heterocycles. The summed E-state index contributed by atoms with van der Waals surface area (Å²) in [6, 6.07) is 17.7. The van der Waals surface area contributed by atoms with E-state index in [1.165, 1.54) is 33.8 Å². The summed E-state index contributed by atoms with van der Waals surface area (Å²) in [5.74, 6) is 0.501. The lowest BCUT2D eigenvalue weighted by atomic mass is 9.83. The normalized spacial score (nSPS) is 19.3. The molecule has 0 N–H and O–H groups in total. The number of nitrogens with zero attached hydrogens (tertiary/aromatic N) is 2. The molecule has 0 saturated heterocycles. The Hall–Kier alpha value is -2.48. The van der Waals surface area contributed by atoms with Crippen LogP contribution in [-0.4, -0.2) is 20.1 Å². The molecule has 0 saturated carbocycles. The number of allylic oxidation sites excluding steroid dienone is 1. The van der Waals surface area contributed by atoms with Gasteiger partial charge in [-0.05, 0) is 62.1 Å². The van der Waals surface area contributed by atoms with Crippen molar-refractivity contribution in [1.82, 2.24) is 0 Å². The lowest BCUT2D eigenvalue weighted by molar-refractivity contribution is 0.498. The van der Waals surface area contributed by atoms with Crippen molar-refractivity contribution in [1.29, 1.82) is 0 Å². The first-order valence-electron chi connectivity index (χ1n) is 9.92. The molecular formula is C25H32N2. The summed E-state index contributed by atoms with van der Waals surface area (Å²) in [7, 11) is 4.41. The van der Waals surface area contributed by atoms with Gasteiger partial charge in [-0.3, -0.25) is 0 Å². The number of benzene rings is 2. The van der Waals surface area contributed by atoms with Crippen LogP contribution >= 0.6 is 0 Å². The Morgan fingerprint density at radius 1 is 0.815 bits per heavy atom. The Morgan fingerprint density at radius 2 is 1.37 bits per heavy atom. The minimum atomic E-state index is 0.380. The second kappa shape index (κ2) is 8.04. The van der Waals surface area contributed by atoms with Crippen LogP contribution in [0.3, 0.4) is 0 Å². The average Bonchev–Trinajstić information content (AvgIpc) is 2.67. The summed E-state index contributed by atoms with van der Waals surface area (Å²) in [6.45, 7) is 8.98. The number of para-hydroxylation sites is 2. The van der Waals surface area contributed by atoms with E-state index in [2.05, 4.69) is 112 Å². The highest BCUT2D eigenvalue weighted by molar-refractivity contribution is 5.61. The lowest BCUT2D eigenvalue weighted by Gasteiger charge is -2.39. The van der Waals surface area contributed by atoms with Gasteiger partial charge in [-0.15, -0.1) is 0 Å². The summed E-state index contributed by atoms with van der Waals surface area (Å²) in [5, 5.41) is 0. The molecule has 2 atom stereocenters. The first kappa shape index (κ1) is 19.3. The highest BCUT2D eigenvalue weighted by Gasteiger charge is 2.29. The Morgan fingerprint density at radius 3 is 1.93 bits per heavy atom. The van der Waals surface area contributed by atoms with Crippen molar-refractivity contribution in [3.05, 3.63) is 83.1 Å². The van der Waals surface area contributed by atoms with E-state index >= 15 is 0 Å². The Kier molecular flexibility index (Phi) is 5.74. The summed E-state index contributed by atoms with van der Waals surface area (Å²) in [6.07, 6.45) is 5.83. The average molecular weight is 361 g/mol. The first-order chi connectivity index (χ1) is 13.0. The molecule has 2 aromatic rings. The molecule has 2 heteroatoms. The van der Waals surface area contributed by atoms with Crippen molar-refractivity contribution in [2.75, 3.05) is 23.9 Å². The fourth-order valence-corrected chi connectivity index (χ4v) is 4.41. The van der Waals surface area contributed by atoms with Gasteiger partial charge < -0.3 is 9.80 Å². The first-order valence-corrected chi connectivity index (χ1v) is 9.92. The van der Waals surface area contributed by atoms with Crippen LogP contribution in [0.2, 0.25) is 0 Å².